The van der Waals surface area contributed by atoms with Crippen molar-refractivity contribution in [3.8, 4) is 0 Å². The average Bonchev–Trinajstić information content (AvgIpc) is 1.96. The third kappa shape index (κ3) is 4.54. The van der Waals surface area contributed by atoms with Crippen molar-refractivity contribution in [2.45, 2.75) is 5.75 Å². The largest absolute Gasteiger partial charge is 1.00 e. The van der Waals surface area contributed by atoms with Gasteiger partial charge in [0.25, 0.3) is 0 Å². The van der Waals surface area contributed by atoms with E-state index in [0.29, 0.717) is 5.56 Å². The first-order chi connectivity index (χ1) is 5.59. The Labute approximate surface area is 105 Å². The van der Waals surface area contributed by atoms with Crippen LogP contribution in [0.1, 0.15) is 5.56 Å². The molecule has 0 aliphatic carbocycles. The molecule has 1 aromatic carbocycles. The van der Waals surface area contributed by atoms with Gasteiger partial charge < -0.3 is 4.55 Å². The van der Waals surface area contributed by atoms with E-state index >= 15 is 0 Å². The first-order valence-electron chi connectivity index (χ1n) is 3.09. The van der Waals surface area contributed by atoms with Crippen LogP contribution < -0.4 is 29.6 Å². The molecular weight excluding hydrogens is 226 g/mol. The monoisotopic (exact) mass is 230 g/mol. The van der Waals surface area contributed by atoms with Crippen LogP contribution in [-0.2, 0) is 16.8 Å². The van der Waals surface area contributed by atoms with Crippen LogP contribution in [-0.4, -0.2) is 8.76 Å². The summed E-state index contributed by atoms with van der Waals surface area (Å²) in [7, 11) is 0. The standard InChI is InChI=1S/C7H6ClFO2S.Na/c8-6-2-1-5(3-7(6)9)4-12(10)11;/h1-3H,4H2,(H,10,11);/q;+1/p-1. The Kier molecular flexibility index (Phi) is 6.37. The number of hydrogen-bond donors (Lipinski definition) is 0. The number of benzene rings is 1. The van der Waals surface area contributed by atoms with Gasteiger partial charge in [-0.15, -0.1) is 0 Å². The minimum Gasteiger partial charge on any atom is -0.772 e. The summed E-state index contributed by atoms with van der Waals surface area (Å²) in [4.78, 5) is 0. The van der Waals surface area contributed by atoms with Gasteiger partial charge in [-0.25, -0.2) is 4.39 Å². The molecule has 0 bridgehead atoms. The van der Waals surface area contributed by atoms with E-state index in [4.69, 9.17) is 11.6 Å². The van der Waals surface area contributed by atoms with Crippen molar-refractivity contribution in [2.75, 3.05) is 0 Å². The van der Waals surface area contributed by atoms with Crippen LogP contribution in [0.4, 0.5) is 4.39 Å². The van der Waals surface area contributed by atoms with Crippen LogP contribution >= 0.6 is 11.6 Å². The molecule has 0 saturated heterocycles. The molecule has 2 nitrogen and oxygen atoms in total. The Morgan fingerprint density at radius 2 is 2.15 bits per heavy atom. The van der Waals surface area contributed by atoms with Gasteiger partial charge in [-0.3, -0.25) is 4.21 Å². The van der Waals surface area contributed by atoms with Crippen LogP contribution in [0.25, 0.3) is 0 Å². The van der Waals surface area contributed by atoms with Gasteiger partial charge in [-0.2, -0.15) is 0 Å². The van der Waals surface area contributed by atoms with Gasteiger partial charge in [0.1, 0.15) is 5.82 Å². The molecule has 13 heavy (non-hydrogen) atoms. The molecule has 0 aliphatic rings. The molecule has 0 fully saturated rings. The summed E-state index contributed by atoms with van der Waals surface area (Å²) in [6, 6.07) is 3.92. The molecule has 0 saturated carbocycles. The zero-order valence-corrected chi connectivity index (χ0v) is 10.5. The Morgan fingerprint density at radius 1 is 1.54 bits per heavy atom. The third-order valence-electron chi connectivity index (χ3n) is 1.27. The normalized spacial score (nSPS) is 11.9. The summed E-state index contributed by atoms with van der Waals surface area (Å²) in [5.41, 5.74) is 0.394. The van der Waals surface area contributed by atoms with Crippen molar-refractivity contribution in [3.05, 3.63) is 34.6 Å². The maximum Gasteiger partial charge on any atom is 1.00 e. The molecule has 0 aromatic heterocycles. The fourth-order valence-corrected chi connectivity index (χ4v) is 1.33. The number of hydrogen-bond acceptors (Lipinski definition) is 2. The van der Waals surface area contributed by atoms with E-state index in [1.54, 1.807) is 0 Å². The van der Waals surface area contributed by atoms with Gasteiger partial charge in [0.05, 0.1) is 5.02 Å². The van der Waals surface area contributed by atoms with Gasteiger partial charge in [0.15, 0.2) is 0 Å². The molecule has 1 atom stereocenters. The Balaban J connectivity index is 0.00000144. The Hall–Kier alpha value is 0.550. The summed E-state index contributed by atoms with van der Waals surface area (Å²) in [5.74, 6) is -0.784. The van der Waals surface area contributed by atoms with E-state index in [0.717, 1.165) is 6.07 Å². The molecule has 1 unspecified atom stereocenters. The molecule has 0 amide bonds. The summed E-state index contributed by atoms with van der Waals surface area (Å²) in [5, 5.41) is -0.00423. The van der Waals surface area contributed by atoms with E-state index in [1.165, 1.54) is 12.1 Å². The summed E-state index contributed by atoms with van der Waals surface area (Å²) < 4.78 is 33.1. The number of rotatable bonds is 2. The fraction of sp³-hybridized carbons (Fsp3) is 0.143. The second-order valence-electron chi connectivity index (χ2n) is 2.20. The smallest absolute Gasteiger partial charge is 0.772 e. The van der Waals surface area contributed by atoms with Crippen molar-refractivity contribution in [3.63, 3.8) is 0 Å². The van der Waals surface area contributed by atoms with E-state index < -0.39 is 16.9 Å². The van der Waals surface area contributed by atoms with Crippen LogP contribution in [0.5, 0.6) is 0 Å². The quantitative estimate of drug-likeness (QED) is 0.476. The van der Waals surface area contributed by atoms with Crippen molar-refractivity contribution >= 4 is 22.7 Å². The average molecular weight is 231 g/mol. The fourth-order valence-electron chi connectivity index (χ4n) is 0.766. The maximum atomic E-state index is 12.7. The van der Waals surface area contributed by atoms with E-state index in [-0.39, 0.29) is 40.3 Å². The molecular formula is C7H5ClFNaO2S. The van der Waals surface area contributed by atoms with E-state index in [1.807, 2.05) is 0 Å². The third-order valence-corrected chi connectivity index (χ3v) is 2.14. The first-order valence-corrected chi connectivity index (χ1v) is 4.71. The predicted octanol–water partition coefficient (Wildman–Crippen LogP) is -1.14. The summed E-state index contributed by atoms with van der Waals surface area (Å²) in [6.07, 6.45) is 0. The van der Waals surface area contributed by atoms with Gasteiger partial charge in [-0.1, -0.05) is 28.7 Å². The maximum absolute atomic E-state index is 12.7. The van der Waals surface area contributed by atoms with Crippen molar-refractivity contribution in [1.82, 2.24) is 0 Å². The van der Waals surface area contributed by atoms with E-state index in [2.05, 4.69) is 0 Å². The summed E-state index contributed by atoms with van der Waals surface area (Å²) in [6.45, 7) is 0. The topological polar surface area (TPSA) is 40.1 Å². The van der Waals surface area contributed by atoms with Crippen molar-refractivity contribution < 1.29 is 42.7 Å². The minimum absolute atomic E-state index is 0. The van der Waals surface area contributed by atoms with E-state index in [9.17, 15) is 13.2 Å². The molecule has 0 spiro atoms. The van der Waals surface area contributed by atoms with Crippen LogP contribution in [0, 0.1) is 5.82 Å². The molecule has 0 N–H and O–H groups in total. The molecule has 66 valence electrons. The summed E-state index contributed by atoms with van der Waals surface area (Å²) >= 11 is 3.20. The Morgan fingerprint density at radius 3 is 2.62 bits per heavy atom. The predicted molar refractivity (Wildman–Crippen MR) is 44.0 cm³/mol. The van der Waals surface area contributed by atoms with Gasteiger partial charge in [0.2, 0.25) is 0 Å². The van der Waals surface area contributed by atoms with Gasteiger partial charge in [0, 0.05) is 5.75 Å². The van der Waals surface area contributed by atoms with Gasteiger partial charge in [-0.05, 0) is 17.7 Å². The zero-order valence-electron chi connectivity index (χ0n) is 6.92. The van der Waals surface area contributed by atoms with Crippen molar-refractivity contribution in [2.24, 2.45) is 0 Å². The SMILES string of the molecule is O=S([O-])Cc1ccc(Cl)c(F)c1.[Na+]. The second-order valence-corrected chi connectivity index (χ2v) is 3.50. The Bertz CT molecular complexity index is 321. The zero-order chi connectivity index (χ0) is 9.14. The minimum atomic E-state index is -2.19. The molecule has 6 heteroatoms. The molecule has 0 aliphatic heterocycles. The molecule has 1 aromatic rings. The molecule has 0 radical (unpaired) electrons. The molecule has 1 rings (SSSR count). The van der Waals surface area contributed by atoms with Crippen LogP contribution in [0.15, 0.2) is 18.2 Å². The first kappa shape index (κ1) is 13.5. The second kappa shape index (κ2) is 6.11. The number of halogens is 2. The van der Waals surface area contributed by atoms with Gasteiger partial charge >= 0.3 is 29.6 Å². The molecule has 0 heterocycles. The van der Waals surface area contributed by atoms with Crippen LogP contribution in [0.3, 0.4) is 0 Å². The van der Waals surface area contributed by atoms with Crippen molar-refractivity contribution in [1.29, 1.82) is 0 Å². The van der Waals surface area contributed by atoms with Crippen LogP contribution in [0.2, 0.25) is 5.02 Å².